The van der Waals surface area contributed by atoms with Crippen LogP contribution in [0.25, 0.3) is 5.76 Å². The van der Waals surface area contributed by atoms with E-state index in [1.807, 2.05) is 6.92 Å². The monoisotopic (exact) mass is 440 g/mol. The molecule has 1 aliphatic rings. The number of carbonyl (C=O) groups excluding carboxylic acids is 2. The Bertz CT molecular complexity index is 1160. The normalized spacial score (nSPS) is 18.1. The van der Waals surface area contributed by atoms with E-state index in [1.165, 1.54) is 16.2 Å². The molecule has 1 fully saturated rings. The van der Waals surface area contributed by atoms with Gasteiger partial charge in [-0.15, -0.1) is 11.3 Å². The zero-order valence-electron chi connectivity index (χ0n) is 16.1. The van der Waals surface area contributed by atoms with Gasteiger partial charge in [0.1, 0.15) is 11.5 Å². The molecular formula is C22H17ClN2O4S. The van der Waals surface area contributed by atoms with Crippen molar-refractivity contribution in [3.8, 4) is 5.75 Å². The number of carbonyl (C=O) groups is 2. The molecule has 0 radical (unpaired) electrons. The minimum Gasteiger partial charge on any atom is -0.507 e. The van der Waals surface area contributed by atoms with Crippen molar-refractivity contribution in [2.45, 2.75) is 13.0 Å². The highest BCUT2D eigenvalue weighted by molar-refractivity contribution is 7.14. The Morgan fingerprint density at radius 2 is 1.93 bits per heavy atom. The maximum atomic E-state index is 13.0. The highest BCUT2D eigenvalue weighted by Crippen LogP contribution is 2.43. The summed E-state index contributed by atoms with van der Waals surface area (Å²) in [5.74, 6) is -1.10. The SMILES string of the molecule is COc1ccc(/C(O)=C2\C(=O)C(=O)N(c3nccs3)[C@@H]2c2ccc(Cl)cc2)cc1C. The first-order chi connectivity index (χ1) is 14.4. The van der Waals surface area contributed by atoms with Crippen LogP contribution in [0, 0.1) is 6.92 Å². The summed E-state index contributed by atoms with van der Waals surface area (Å²) >= 11 is 7.26. The first kappa shape index (κ1) is 20.1. The molecule has 0 aliphatic carbocycles. The molecule has 8 heteroatoms. The summed E-state index contributed by atoms with van der Waals surface area (Å²) in [5, 5.41) is 13.7. The number of anilines is 1. The Labute approximate surface area is 182 Å². The van der Waals surface area contributed by atoms with Gasteiger partial charge in [-0.05, 0) is 48.4 Å². The lowest BCUT2D eigenvalue weighted by molar-refractivity contribution is -0.132. The summed E-state index contributed by atoms with van der Waals surface area (Å²) in [6.07, 6.45) is 1.56. The van der Waals surface area contributed by atoms with E-state index < -0.39 is 17.7 Å². The molecule has 6 nitrogen and oxygen atoms in total. The van der Waals surface area contributed by atoms with Crippen molar-refractivity contribution in [2.75, 3.05) is 12.0 Å². The molecule has 0 bridgehead atoms. The summed E-state index contributed by atoms with van der Waals surface area (Å²) in [5.41, 5.74) is 1.85. The van der Waals surface area contributed by atoms with Crippen molar-refractivity contribution in [2.24, 2.45) is 0 Å². The molecule has 0 spiro atoms. The second kappa shape index (κ2) is 7.93. The number of benzene rings is 2. The van der Waals surface area contributed by atoms with E-state index in [0.29, 0.717) is 27.0 Å². The molecule has 2 aromatic carbocycles. The standard InChI is InChI=1S/C22H17ClN2O4S/c1-12-11-14(5-8-16(12)29-2)19(26)17-18(13-3-6-15(23)7-4-13)25(21(28)20(17)27)22-24-9-10-30-22/h3-11,18,26H,1-2H3/b19-17+/t18-/m1/s1. The van der Waals surface area contributed by atoms with E-state index in [2.05, 4.69) is 4.98 Å². The van der Waals surface area contributed by atoms with E-state index in [0.717, 1.165) is 5.56 Å². The molecule has 2 heterocycles. The van der Waals surface area contributed by atoms with E-state index in [-0.39, 0.29) is 11.3 Å². The van der Waals surface area contributed by atoms with Gasteiger partial charge in [-0.2, -0.15) is 0 Å². The van der Waals surface area contributed by atoms with Crippen LogP contribution in [0.3, 0.4) is 0 Å². The number of hydrogen-bond acceptors (Lipinski definition) is 6. The zero-order chi connectivity index (χ0) is 21.4. The van der Waals surface area contributed by atoms with Crippen LogP contribution < -0.4 is 9.64 Å². The van der Waals surface area contributed by atoms with Crippen molar-refractivity contribution in [1.29, 1.82) is 0 Å². The van der Waals surface area contributed by atoms with Crippen LogP contribution in [-0.4, -0.2) is 28.9 Å². The van der Waals surface area contributed by atoms with Gasteiger partial charge in [0.2, 0.25) is 0 Å². The summed E-state index contributed by atoms with van der Waals surface area (Å²) in [6.45, 7) is 1.83. The number of rotatable bonds is 4. The van der Waals surface area contributed by atoms with Gasteiger partial charge in [0.15, 0.2) is 5.13 Å². The first-order valence-electron chi connectivity index (χ1n) is 9.03. The molecule has 152 valence electrons. The second-order valence-corrected chi connectivity index (χ2v) is 8.03. The lowest BCUT2D eigenvalue weighted by atomic mass is 9.95. The summed E-state index contributed by atoms with van der Waals surface area (Å²) in [6, 6.07) is 11.1. The second-order valence-electron chi connectivity index (χ2n) is 6.72. The average Bonchev–Trinajstić information content (AvgIpc) is 3.35. The quantitative estimate of drug-likeness (QED) is 0.360. The molecule has 1 saturated heterocycles. The minimum absolute atomic E-state index is 0.00193. The molecule has 0 saturated carbocycles. The molecule has 1 aliphatic heterocycles. The maximum absolute atomic E-state index is 13.0. The number of aliphatic hydroxyl groups is 1. The number of nitrogens with zero attached hydrogens (tertiary/aromatic N) is 2. The number of ketones is 1. The predicted octanol–water partition coefficient (Wildman–Crippen LogP) is 4.74. The molecule has 4 rings (SSSR count). The van der Waals surface area contributed by atoms with Crippen LogP contribution in [0.5, 0.6) is 5.75 Å². The van der Waals surface area contributed by atoms with Gasteiger partial charge in [-0.25, -0.2) is 4.98 Å². The third-order valence-electron chi connectivity index (χ3n) is 4.92. The van der Waals surface area contributed by atoms with E-state index in [1.54, 1.807) is 61.2 Å². The third kappa shape index (κ3) is 3.36. The molecule has 1 atom stereocenters. The number of thiazole rings is 1. The molecular weight excluding hydrogens is 424 g/mol. The fourth-order valence-corrected chi connectivity index (χ4v) is 4.30. The molecule has 1 N–H and O–H groups in total. The van der Waals surface area contributed by atoms with Gasteiger partial charge in [0, 0.05) is 22.2 Å². The highest BCUT2D eigenvalue weighted by atomic mass is 35.5. The van der Waals surface area contributed by atoms with Crippen molar-refractivity contribution < 1.29 is 19.4 Å². The fraction of sp³-hybridized carbons (Fsp3) is 0.136. The van der Waals surface area contributed by atoms with Gasteiger partial charge in [-0.1, -0.05) is 23.7 Å². The Morgan fingerprint density at radius 1 is 1.20 bits per heavy atom. The molecule has 3 aromatic rings. The highest BCUT2D eigenvalue weighted by Gasteiger charge is 2.47. The number of Topliss-reactive ketones (excluding diaryl/α,β-unsaturated/α-hetero) is 1. The summed E-state index contributed by atoms with van der Waals surface area (Å²) in [4.78, 5) is 31.4. The number of halogens is 1. The number of hydrogen-bond donors (Lipinski definition) is 1. The number of amides is 1. The number of aryl methyl sites for hydroxylation is 1. The van der Waals surface area contributed by atoms with Crippen LogP contribution in [0.1, 0.15) is 22.7 Å². The van der Waals surface area contributed by atoms with Gasteiger partial charge < -0.3 is 9.84 Å². The third-order valence-corrected chi connectivity index (χ3v) is 5.95. The topological polar surface area (TPSA) is 79.7 Å². The van der Waals surface area contributed by atoms with Crippen LogP contribution in [0.15, 0.2) is 59.6 Å². The van der Waals surface area contributed by atoms with Crippen molar-refractivity contribution in [3.05, 3.63) is 81.3 Å². The average molecular weight is 441 g/mol. The Hall–Kier alpha value is -3.16. The largest absolute Gasteiger partial charge is 0.507 e. The first-order valence-corrected chi connectivity index (χ1v) is 10.3. The predicted molar refractivity (Wildman–Crippen MR) is 116 cm³/mol. The summed E-state index contributed by atoms with van der Waals surface area (Å²) in [7, 11) is 1.56. The number of methoxy groups -OCH3 is 1. The van der Waals surface area contributed by atoms with E-state index in [4.69, 9.17) is 16.3 Å². The van der Waals surface area contributed by atoms with Gasteiger partial charge >= 0.3 is 5.91 Å². The summed E-state index contributed by atoms with van der Waals surface area (Å²) < 4.78 is 5.26. The molecule has 1 amide bonds. The van der Waals surface area contributed by atoms with E-state index in [9.17, 15) is 14.7 Å². The smallest absolute Gasteiger partial charge is 0.301 e. The van der Waals surface area contributed by atoms with Crippen molar-refractivity contribution in [1.82, 2.24) is 4.98 Å². The lowest BCUT2D eigenvalue weighted by Gasteiger charge is -2.23. The van der Waals surface area contributed by atoms with Gasteiger partial charge in [0.25, 0.3) is 5.78 Å². The lowest BCUT2D eigenvalue weighted by Crippen LogP contribution is -2.29. The van der Waals surface area contributed by atoms with Crippen LogP contribution in [-0.2, 0) is 9.59 Å². The fourth-order valence-electron chi connectivity index (χ4n) is 3.51. The van der Waals surface area contributed by atoms with Crippen molar-refractivity contribution in [3.63, 3.8) is 0 Å². The minimum atomic E-state index is -0.823. The van der Waals surface area contributed by atoms with Crippen molar-refractivity contribution >= 4 is 45.5 Å². The van der Waals surface area contributed by atoms with E-state index >= 15 is 0 Å². The van der Waals surface area contributed by atoms with Gasteiger partial charge in [0.05, 0.1) is 18.7 Å². The molecule has 30 heavy (non-hydrogen) atoms. The van der Waals surface area contributed by atoms with Gasteiger partial charge in [-0.3, -0.25) is 14.5 Å². The van der Waals surface area contributed by atoms with Crippen LogP contribution >= 0.6 is 22.9 Å². The zero-order valence-corrected chi connectivity index (χ0v) is 17.7. The Balaban J connectivity index is 1.92. The van der Waals surface area contributed by atoms with Crippen LogP contribution in [0.4, 0.5) is 5.13 Å². The van der Waals surface area contributed by atoms with Crippen LogP contribution in [0.2, 0.25) is 5.02 Å². The number of ether oxygens (including phenoxy) is 1. The molecule has 1 aromatic heterocycles. The number of aromatic nitrogens is 1. The Morgan fingerprint density at radius 3 is 2.53 bits per heavy atom. The maximum Gasteiger partial charge on any atom is 0.301 e. The Kier molecular flexibility index (Phi) is 5.32. The number of aliphatic hydroxyl groups excluding tert-OH is 1. The molecule has 0 unspecified atom stereocenters.